The zero-order valence-electron chi connectivity index (χ0n) is 14.8. The Balaban J connectivity index is 1.80. The van der Waals surface area contributed by atoms with Crippen LogP contribution in [0.15, 0.2) is 0 Å². The standard InChI is InChI=1S/C17H29BClNO3/c1-5-12-16(2,3)9-8-13-17(12,4)23-18(22-13)14-7-6-10-20(14)15(21)11-19/h12-14H,5-11H2,1-4H3/t12-,13+,14-,17-/m0/s1. The Morgan fingerprint density at radius 3 is 2.74 bits per heavy atom. The van der Waals surface area contributed by atoms with Gasteiger partial charge in [0.05, 0.1) is 17.6 Å². The molecule has 0 N–H and O–H groups in total. The molecule has 0 spiro atoms. The molecule has 2 saturated heterocycles. The number of hydrogen-bond donors (Lipinski definition) is 0. The number of amides is 1. The first-order valence-electron chi connectivity index (χ1n) is 9.02. The third-order valence-electron chi connectivity index (χ3n) is 6.45. The zero-order chi connectivity index (χ0) is 16.8. The van der Waals surface area contributed by atoms with Crippen LogP contribution in [0, 0.1) is 11.3 Å². The predicted octanol–water partition coefficient (Wildman–Crippen LogP) is 3.26. The van der Waals surface area contributed by atoms with Gasteiger partial charge in [-0.1, -0.05) is 27.2 Å². The second-order valence-electron chi connectivity index (χ2n) is 8.21. The molecule has 0 aromatic heterocycles. The van der Waals surface area contributed by atoms with Crippen LogP contribution in [0.5, 0.6) is 0 Å². The lowest BCUT2D eigenvalue weighted by Gasteiger charge is -2.51. The van der Waals surface area contributed by atoms with Gasteiger partial charge in [-0.25, -0.2) is 0 Å². The average Bonchev–Trinajstić information content (AvgIpc) is 3.09. The highest BCUT2D eigenvalue weighted by Gasteiger charge is 2.61. The van der Waals surface area contributed by atoms with Crippen LogP contribution in [0.1, 0.15) is 59.8 Å². The number of carbonyl (C=O) groups is 1. The Hall–Kier alpha value is -0.255. The number of carbonyl (C=O) groups excluding carboxylic acids is 1. The highest BCUT2D eigenvalue weighted by Crippen LogP contribution is 2.53. The van der Waals surface area contributed by atoms with Crippen LogP contribution in [0.3, 0.4) is 0 Å². The van der Waals surface area contributed by atoms with E-state index in [-0.39, 0.29) is 42.0 Å². The molecule has 4 atom stereocenters. The molecular weight excluding hydrogens is 312 g/mol. The fraction of sp³-hybridized carbons (Fsp3) is 0.941. The van der Waals surface area contributed by atoms with E-state index < -0.39 is 0 Å². The van der Waals surface area contributed by atoms with Crippen LogP contribution < -0.4 is 0 Å². The molecule has 2 aliphatic heterocycles. The second-order valence-corrected chi connectivity index (χ2v) is 8.48. The van der Waals surface area contributed by atoms with E-state index in [1.54, 1.807) is 0 Å². The van der Waals surface area contributed by atoms with Gasteiger partial charge in [-0.3, -0.25) is 4.79 Å². The molecule has 1 amide bonds. The molecule has 3 rings (SSSR count). The highest BCUT2D eigenvalue weighted by molar-refractivity contribution is 6.48. The summed E-state index contributed by atoms with van der Waals surface area (Å²) in [6, 6.07) is 0. The number of halogens is 1. The monoisotopic (exact) mass is 341 g/mol. The summed E-state index contributed by atoms with van der Waals surface area (Å²) in [5.41, 5.74) is 0.0129. The average molecular weight is 342 g/mol. The van der Waals surface area contributed by atoms with Crippen molar-refractivity contribution in [1.82, 2.24) is 4.90 Å². The molecule has 130 valence electrons. The molecule has 1 saturated carbocycles. The number of hydrogen-bond acceptors (Lipinski definition) is 3. The van der Waals surface area contributed by atoms with Crippen LogP contribution >= 0.6 is 11.6 Å². The first-order valence-corrected chi connectivity index (χ1v) is 9.55. The number of alkyl halides is 1. The first kappa shape index (κ1) is 17.6. The lowest BCUT2D eigenvalue weighted by atomic mass is 9.60. The van der Waals surface area contributed by atoms with Gasteiger partial charge in [0.25, 0.3) is 0 Å². The molecular formula is C17H29BClNO3. The number of rotatable bonds is 3. The van der Waals surface area contributed by atoms with Crippen LogP contribution in [0.25, 0.3) is 0 Å². The molecule has 4 nitrogen and oxygen atoms in total. The van der Waals surface area contributed by atoms with E-state index in [9.17, 15) is 4.79 Å². The third-order valence-corrected chi connectivity index (χ3v) is 6.68. The minimum absolute atomic E-state index is 0.00577. The fourth-order valence-corrected chi connectivity index (χ4v) is 5.51. The quantitative estimate of drug-likeness (QED) is 0.584. The molecule has 0 unspecified atom stereocenters. The summed E-state index contributed by atoms with van der Waals surface area (Å²) < 4.78 is 12.9. The topological polar surface area (TPSA) is 38.8 Å². The van der Waals surface area contributed by atoms with Gasteiger partial charge < -0.3 is 14.2 Å². The van der Waals surface area contributed by atoms with E-state index >= 15 is 0 Å². The van der Waals surface area contributed by atoms with Crippen molar-refractivity contribution in [2.75, 3.05) is 12.4 Å². The SMILES string of the molecule is CC[C@H]1C(C)(C)CC[C@H]2OB([C@@H]3CCCN3C(=O)CCl)O[C@]21C. The van der Waals surface area contributed by atoms with Crippen molar-refractivity contribution in [2.24, 2.45) is 11.3 Å². The Labute approximate surface area is 145 Å². The van der Waals surface area contributed by atoms with Gasteiger partial charge in [0.1, 0.15) is 5.88 Å². The van der Waals surface area contributed by atoms with Gasteiger partial charge in [0.2, 0.25) is 5.91 Å². The maximum absolute atomic E-state index is 12.1. The molecule has 0 radical (unpaired) electrons. The van der Waals surface area contributed by atoms with Crippen molar-refractivity contribution >= 4 is 24.6 Å². The van der Waals surface area contributed by atoms with Gasteiger partial charge in [0, 0.05) is 6.54 Å². The van der Waals surface area contributed by atoms with Crippen LogP contribution in [0.4, 0.5) is 0 Å². The Morgan fingerprint density at radius 1 is 1.35 bits per heavy atom. The van der Waals surface area contributed by atoms with Crippen LogP contribution in [-0.2, 0) is 14.1 Å². The van der Waals surface area contributed by atoms with Crippen LogP contribution in [0.2, 0.25) is 0 Å². The van der Waals surface area contributed by atoms with Crippen molar-refractivity contribution in [3.8, 4) is 0 Å². The maximum Gasteiger partial charge on any atom is 0.481 e. The van der Waals surface area contributed by atoms with Gasteiger partial charge in [-0.2, -0.15) is 0 Å². The van der Waals surface area contributed by atoms with E-state index in [0.29, 0.717) is 5.92 Å². The third kappa shape index (κ3) is 2.83. The molecule has 0 aromatic carbocycles. The molecule has 0 aromatic rings. The summed E-state index contributed by atoms with van der Waals surface area (Å²) in [6.45, 7) is 9.92. The highest BCUT2D eigenvalue weighted by atomic mass is 35.5. The minimum atomic E-state index is -0.303. The molecule has 23 heavy (non-hydrogen) atoms. The lowest BCUT2D eigenvalue weighted by molar-refractivity contribution is -0.128. The van der Waals surface area contributed by atoms with E-state index in [4.69, 9.17) is 20.9 Å². The molecule has 6 heteroatoms. The second kappa shape index (κ2) is 6.23. The summed E-state index contributed by atoms with van der Waals surface area (Å²) in [5.74, 6) is 0.518. The largest absolute Gasteiger partial charge is 0.481 e. The lowest BCUT2D eigenvalue weighted by Crippen LogP contribution is -2.54. The van der Waals surface area contributed by atoms with Crippen molar-refractivity contribution < 1.29 is 14.1 Å². The number of fused-ring (bicyclic) bond motifs is 1. The maximum atomic E-state index is 12.1. The molecule has 3 fully saturated rings. The first-order chi connectivity index (χ1) is 10.8. The summed E-state index contributed by atoms with van der Waals surface area (Å²) in [6.07, 6.45) is 5.37. The molecule has 1 aliphatic carbocycles. The Kier molecular flexibility index (Phi) is 4.76. The zero-order valence-corrected chi connectivity index (χ0v) is 15.6. The van der Waals surface area contributed by atoms with E-state index in [1.165, 1.54) is 0 Å². The van der Waals surface area contributed by atoms with Gasteiger partial charge in [-0.15, -0.1) is 11.6 Å². The Bertz CT molecular complexity index is 475. The van der Waals surface area contributed by atoms with Gasteiger partial charge in [0.15, 0.2) is 0 Å². The van der Waals surface area contributed by atoms with E-state index in [1.807, 2.05) is 4.90 Å². The minimum Gasteiger partial charge on any atom is -0.404 e. The smallest absolute Gasteiger partial charge is 0.404 e. The fourth-order valence-electron chi connectivity index (χ4n) is 5.35. The number of likely N-dealkylation sites (tertiary alicyclic amines) is 1. The van der Waals surface area contributed by atoms with Crippen molar-refractivity contribution in [2.45, 2.75) is 77.4 Å². The van der Waals surface area contributed by atoms with Gasteiger partial charge in [-0.05, 0) is 43.9 Å². The van der Waals surface area contributed by atoms with Crippen molar-refractivity contribution in [1.29, 1.82) is 0 Å². The molecule has 0 bridgehead atoms. The number of nitrogens with zero attached hydrogens (tertiary/aromatic N) is 1. The van der Waals surface area contributed by atoms with E-state index in [2.05, 4.69) is 27.7 Å². The summed E-state index contributed by atoms with van der Waals surface area (Å²) in [5, 5.41) is 0. The predicted molar refractivity (Wildman–Crippen MR) is 92.4 cm³/mol. The van der Waals surface area contributed by atoms with Gasteiger partial charge >= 0.3 is 7.12 Å². The summed E-state index contributed by atoms with van der Waals surface area (Å²) in [4.78, 5) is 13.9. The molecule has 3 aliphatic rings. The summed E-state index contributed by atoms with van der Waals surface area (Å²) in [7, 11) is -0.303. The summed E-state index contributed by atoms with van der Waals surface area (Å²) >= 11 is 5.76. The van der Waals surface area contributed by atoms with Crippen molar-refractivity contribution in [3.63, 3.8) is 0 Å². The van der Waals surface area contributed by atoms with Crippen LogP contribution in [-0.4, -0.2) is 48.0 Å². The normalized spacial score (nSPS) is 39.6. The Morgan fingerprint density at radius 2 is 2.09 bits per heavy atom. The molecule has 2 heterocycles. The van der Waals surface area contributed by atoms with Crippen molar-refractivity contribution in [3.05, 3.63) is 0 Å². The van der Waals surface area contributed by atoms with E-state index in [0.717, 1.165) is 38.6 Å².